The summed E-state index contributed by atoms with van der Waals surface area (Å²) in [6, 6.07) is 13.4. The van der Waals surface area contributed by atoms with E-state index < -0.39 is 0 Å². The van der Waals surface area contributed by atoms with Crippen molar-refractivity contribution < 1.29 is 4.39 Å². The summed E-state index contributed by atoms with van der Waals surface area (Å²) in [5.41, 5.74) is 3.84. The highest BCUT2D eigenvalue weighted by Gasteiger charge is 2.07. The van der Waals surface area contributed by atoms with Crippen molar-refractivity contribution in [2.75, 3.05) is 0 Å². The van der Waals surface area contributed by atoms with E-state index in [1.165, 1.54) is 5.56 Å². The first-order valence-electron chi connectivity index (χ1n) is 5.94. The number of hydrogen-bond donors (Lipinski definition) is 0. The third-order valence-electron chi connectivity index (χ3n) is 3.02. The van der Waals surface area contributed by atoms with Crippen LogP contribution in [0.2, 0.25) is 0 Å². The Morgan fingerprint density at radius 1 is 0.941 bits per heavy atom. The van der Waals surface area contributed by atoms with Gasteiger partial charge in [-0.25, -0.2) is 4.39 Å². The lowest BCUT2D eigenvalue weighted by molar-refractivity contribution is 0.627. The zero-order valence-electron chi connectivity index (χ0n) is 10.5. The normalized spacial score (nSPS) is 10.9. The Balaban J connectivity index is 2.43. The molecular weight excluding hydrogens is 211 g/mol. The molecule has 0 saturated heterocycles. The molecule has 2 aromatic rings. The van der Waals surface area contributed by atoms with Crippen molar-refractivity contribution in [1.82, 2.24) is 0 Å². The second-order valence-corrected chi connectivity index (χ2v) is 4.76. The predicted octanol–water partition coefficient (Wildman–Crippen LogP) is 4.92. The molecule has 0 aliphatic carbocycles. The van der Waals surface area contributed by atoms with Crippen molar-refractivity contribution in [3.8, 4) is 11.1 Å². The molecular formula is C16H17F. The first-order chi connectivity index (χ1) is 8.08. The zero-order valence-corrected chi connectivity index (χ0v) is 10.5. The molecule has 0 saturated carbocycles. The van der Waals surface area contributed by atoms with Crippen LogP contribution < -0.4 is 0 Å². The van der Waals surface area contributed by atoms with Crippen LogP contribution >= 0.6 is 0 Å². The fourth-order valence-electron chi connectivity index (χ4n) is 1.86. The van der Waals surface area contributed by atoms with Crippen LogP contribution in [0.15, 0.2) is 42.5 Å². The molecule has 2 aromatic carbocycles. The maximum atomic E-state index is 14.0. The summed E-state index contributed by atoms with van der Waals surface area (Å²) in [7, 11) is 0. The molecule has 1 heteroatoms. The highest BCUT2D eigenvalue weighted by molar-refractivity contribution is 5.64. The van der Waals surface area contributed by atoms with Crippen LogP contribution in [0.3, 0.4) is 0 Å². The molecule has 17 heavy (non-hydrogen) atoms. The van der Waals surface area contributed by atoms with Crippen molar-refractivity contribution in [2.24, 2.45) is 0 Å². The summed E-state index contributed by atoms with van der Waals surface area (Å²) in [5.74, 6) is 0.219. The third kappa shape index (κ3) is 2.55. The van der Waals surface area contributed by atoms with Gasteiger partial charge in [-0.15, -0.1) is 0 Å². The Kier molecular flexibility index (Phi) is 3.28. The van der Waals surface area contributed by atoms with E-state index in [1.54, 1.807) is 6.07 Å². The number of halogens is 1. The average molecular weight is 228 g/mol. The Bertz CT molecular complexity index is 510. The predicted molar refractivity (Wildman–Crippen MR) is 70.7 cm³/mol. The van der Waals surface area contributed by atoms with E-state index in [0.29, 0.717) is 11.5 Å². The molecule has 0 bridgehead atoms. The van der Waals surface area contributed by atoms with E-state index >= 15 is 0 Å². The average Bonchev–Trinajstić information content (AvgIpc) is 2.30. The Labute approximate surface area is 102 Å². The van der Waals surface area contributed by atoms with Crippen LogP contribution in [-0.2, 0) is 0 Å². The first-order valence-corrected chi connectivity index (χ1v) is 5.94. The third-order valence-corrected chi connectivity index (χ3v) is 3.02. The van der Waals surface area contributed by atoms with E-state index in [0.717, 1.165) is 11.1 Å². The van der Waals surface area contributed by atoms with Crippen molar-refractivity contribution in [3.05, 3.63) is 59.4 Å². The molecule has 0 nitrogen and oxygen atoms in total. The summed E-state index contributed by atoms with van der Waals surface area (Å²) < 4.78 is 14.0. The lowest BCUT2D eigenvalue weighted by Gasteiger charge is -2.09. The van der Waals surface area contributed by atoms with Gasteiger partial charge in [0.05, 0.1) is 0 Å². The van der Waals surface area contributed by atoms with Crippen LogP contribution in [0.1, 0.15) is 30.9 Å². The van der Waals surface area contributed by atoms with Gasteiger partial charge < -0.3 is 0 Å². The van der Waals surface area contributed by atoms with Crippen molar-refractivity contribution in [2.45, 2.75) is 26.7 Å². The van der Waals surface area contributed by atoms with E-state index in [-0.39, 0.29) is 5.82 Å². The first kappa shape index (κ1) is 11.8. The maximum absolute atomic E-state index is 14.0. The van der Waals surface area contributed by atoms with Crippen molar-refractivity contribution in [1.29, 1.82) is 0 Å². The monoisotopic (exact) mass is 228 g/mol. The summed E-state index contributed by atoms with van der Waals surface area (Å²) in [4.78, 5) is 0. The number of aryl methyl sites for hydroxylation is 1. The van der Waals surface area contributed by atoms with Crippen molar-refractivity contribution >= 4 is 0 Å². The maximum Gasteiger partial charge on any atom is 0.131 e. The second-order valence-electron chi connectivity index (χ2n) is 4.76. The molecule has 0 unspecified atom stereocenters. The minimum atomic E-state index is -0.139. The molecule has 0 heterocycles. The lowest BCUT2D eigenvalue weighted by Crippen LogP contribution is -1.91. The van der Waals surface area contributed by atoms with E-state index in [1.807, 2.05) is 43.3 Å². The van der Waals surface area contributed by atoms with Gasteiger partial charge in [-0.05, 0) is 30.0 Å². The van der Waals surface area contributed by atoms with Crippen LogP contribution in [0.25, 0.3) is 11.1 Å². The molecule has 2 rings (SSSR count). The topological polar surface area (TPSA) is 0 Å². The van der Waals surface area contributed by atoms with E-state index in [2.05, 4.69) is 13.8 Å². The highest BCUT2D eigenvalue weighted by atomic mass is 19.1. The molecule has 0 fully saturated rings. The Morgan fingerprint density at radius 3 is 2.12 bits per heavy atom. The fourth-order valence-corrected chi connectivity index (χ4v) is 1.86. The summed E-state index contributed by atoms with van der Waals surface area (Å²) in [6.45, 7) is 6.17. The smallest absolute Gasteiger partial charge is 0.131 e. The Hall–Kier alpha value is -1.63. The standard InChI is InChI=1S/C16H17F/c1-11(2)14-8-9-15(16(17)10-14)13-6-4-12(3)5-7-13/h4-11H,1-3H3. The molecule has 0 radical (unpaired) electrons. The van der Waals surface area contributed by atoms with Crippen molar-refractivity contribution in [3.63, 3.8) is 0 Å². The number of benzene rings is 2. The van der Waals surface area contributed by atoms with Crippen LogP contribution in [-0.4, -0.2) is 0 Å². The van der Waals surface area contributed by atoms with Gasteiger partial charge in [0.1, 0.15) is 5.82 Å². The minimum Gasteiger partial charge on any atom is -0.206 e. The fraction of sp³-hybridized carbons (Fsp3) is 0.250. The zero-order chi connectivity index (χ0) is 12.4. The molecule has 0 atom stereocenters. The number of hydrogen-bond acceptors (Lipinski definition) is 0. The molecule has 88 valence electrons. The van der Waals surface area contributed by atoms with Gasteiger partial charge in [0.2, 0.25) is 0 Å². The lowest BCUT2D eigenvalue weighted by atomic mass is 9.98. The van der Waals surface area contributed by atoms with E-state index in [4.69, 9.17) is 0 Å². The van der Waals surface area contributed by atoms with Gasteiger partial charge in [0.25, 0.3) is 0 Å². The Morgan fingerprint density at radius 2 is 1.59 bits per heavy atom. The largest absolute Gasteiger partial charge is 0.206 e. The molecule has 0 spiro atoms. The molecule has 0 aliphatic rings. The summed E-state index contributed by atoms with van der Waals surface area (Å²) in [5, 5.41) is 0. The quantitative estimate of drug-likeness (QED) is 0.684. The second kappa shape index (κ2) is 4.70. The van der Waals surface area contributed by atoms with Gasteiger partial charge >= 0.3 is 0 Å². The summed E-state index contributed by atoms with van der Waals surface area (Å²) >= 11 is 0. The molecule has 0 aliphatic heterocycles. The SMILES string of the molecule is Cc1ccc(-c2ccc(C(C)C)cc2F)cc1. The van der Waals surface area contributed by atoms with Crippen LogP contribution in [0.4, 0.5) is 4.39 Å². The van der Waals surface area contributed by atoms with Gasteiger partial charge in [0.15, 0.2) is 0 Å². The minimum absolute atomic E-state index is 0.139. The molecule has 0 amide bonds. The van der Waals surface area contributed by atoms with Gasteiger partial charge in [-0.3, -0.25) is 0 Å². The van der Waals surface area contributed by atoms with Crippen LogP contribution in [0.5, 0.6) is 0 Å². The molecule has 0 aromatic heterocycles. The van der Waals surface area contributed by atoms with Gasteiger partial charge in [0, 0.05) is 5.56 Å². The van der Waals surface area contributed by atoms with Gasteiger partial charge in [-0.1, -0.05) is 55.8 Å². The van der Waals surface area contributed by atoms with E-state index in [9.17, 15) is 4.39 Å². The van der Waals surface area contributed by atoms with Crippen LogP contribution in [0, 0.1) is 12.7 Å². The van der Waals surface area contributed by atoms with Gasteiger partial charge in [-0.2, -0.15) is 0 Å². The highest BCUT2D eigenvalue weighted by Crippen LogP contribution is 2.26. The summed E-state index contributed by atoms with van der Waals surface area (Å²) in [6.07, 6.45) is 0. The number of rotatable bonds is 2. The molecule has 0 N–H and O–H groups in total.